The lowest BCUT2D eigenvalue weighted by molar-refractivity contribution is 0.307. The first-order valence-corrected chi connectivity index (χ1v) is 11.4. The van der Waals surface area contributed by atoms with Crippen molar-refractivity contribution in [2.75, 3.05) is 6.61 Å². The van der Waals surface area contributed by atoms with Gasteiger partial charge in [0.1, 0.15) is 4.90 Å². The second kappa shape index (κ2) is 10.7. The summed E-state index contributed by atoms with van der Waals surface area (Å²) < 4.78 is 31.3. The number of hydrogen-bond donors (Lipinski definition) is 0. The summed E-state index contributed by atoms with van der Waals surface area (Å²) in [7, 11) is -3.75. The molecule has 0 aliphatic carbocycles. The molecule has 0 unspecified atom stereocenters. The van der Waals surface area contributed by atoms with Gasteiger partial charge in [-0.05, 0) is 30.2 Å². The molecule has 0 saturated carbocycles. The number of benzene rings is 2. The number of unbranched alkanes of at least 4 members (excludes halogenated alkanes) is 6. The van der Waals surface area contributed by atoms with E-state index in [2.05, 4.69) is 13.8 Å². The van der Waals surface area contributed by atoms with Crippen LogP contribution in [0.25, 0.3) is 10.8 Å². The summed E-state index contributed by atoms with van der Waals surface area (Å²) in [5.74, 6) is 0. The first kappa shape index (κ1) is 20.9. The lowest BCUT2D eigenvalue weighted by Crippen LogP contribution is -2.11. The molecule has 0 heterocycles. The van der Waals surface area contributed by atoms with Gasteiger partial charge in [-0.3, -0.25) is 4.18 Å². The molecule has 0 saturated heterocycles. The van der Waals surface area contributed by atoms with E-state index in [0.717, 1.165) is 61.3 Å². The highest BCUT2D eigenvalue weighted by atomic mass is 32.2. The molecule has 4 heteroatoms. The van der Waals surface area contributed by atoms with E-state index >= 15 is 0 Å². The van der Waals surface area contributed by atoms with Crippen LogP contribution < -0.4 is 0 Å². The fourth-order valence-corrected chi connectivity index (χ4v) is 4.68. The summed E-state index contributed by atoms with van der Waals surface area (Å²) in [6, 6.07) is 11.6. The second-order valence-corrected chi connectivity index (χ2v) is 8.47. The minimum atomic E-state index is -3.75. The van der Waals surface area contributed by atoms with E-state index in [1.807, 2.05) is 36.4 Å². The summed E-state index contributed by atoms with van der Waals surface area (Å²) in [6.07, 6.45) is 9.28. The predicted molar refractivity (Wildman–Crippen MR) is 109 cm³/mol. The van der Waals surface area contributed by atoms with Gasteiger partial charge in [-0.1, -0.05) is 88.8 Å². The molecule has 0 aliphatic rings. The van der Waals surface area contributed by atoms with Crippen molar-refractivity contribution in [3.8, 4) is 0 Å². The van der Waals surface area contributed by atoms with Gasteiger partial charge in [-0.25, -0.2) is 0 Å². The minimum absolute atomic E-state index is 0.265. The van der Waals surface area contributed by atoms with Crippen molar-refractivity contribution in [2.45, 2.75) is 76.5 Å². The summed E-state index contributed by atoms with van der Waals surface area (Å²) in [6.45, 7) is 4.58. The van der Waals surface area contributed by atoms with E-state index in [-0.39, 0.29) is 6.61 Å². The van der Waals surface area contributed by atoms with Crippen LogP contribution in [0.1, 0.15) is 70.8 Å². The van der Waals surface area contributed by atoms with Gasteiger partial charge in [0.25, 0.3) is 10.1 Å². The molecule has 0 atom stereocenters. The van der Waals surface area contributed by atoms with Crippen molar-refractivity contribution in [1.29, 1.82) is 0 Å². The maximum Gasteiger partial charge on any atom is 0.297 e. The van der Waals surface area contributed by atoms with Crippen molar-refractivity contribution in [2.24, 2.45) is 0 Å². The highest BCUT2D eigenvalue weighted by Crippen LogP contribution is 2.29. The quantitative estimate of drug-likeness (QED) is 0.325. The molecule has 0 aromatic heterocycles. The lowest BCUT2D eigenvalue weighted by Gasteiger charge is -2.14. The van der Waals surface area contributed by atoms with E-state index < -0.39 is 10.1 Å². The maximum atomic E-state index is 13.0. The second-order valence-electron chi connectivity index (χ2n) is 6.92. The van der Waals surface area contributed by atoms with Crippen LogP contribution in [0.3, 0.4) is 0 Å². The van der Waals surface area contributed by atoms with Crippen LogP contribution in [0.15, 0.2) is 41.3 Å². The third-order valence-electron chi connectivity index (χ3n) is 4.75. The molecule has 144 valence electrons. The Morgan fingerprint density at radius 2 is 1.50 bits per heavy atom. The number of hydrogen-bond acceptors (Lipinski definition) is 3. The number of rotatable bonds is 12. The molecule has 0 spiro atoms. The standard InChI is InChI=1S/C22H32O3S/c1-3-5-7-9-14-20-17-16-19-13-10-11-15-21(19)22(20)26(23,24)25-18-12-8-6-4-2/h10-11,13,15-17H,3-9,12,14,18H2,1-2H3. The van der Waals surface area contributed by atoms with Gasteiger partial charge in [-0.15, -0.1) is 0 Å². The SMILES string of the molecule is CCCCCCOS(=O)(=O)c1c(CCCCCC)ccc2ccccc12. The highest BCUT2D eigenvalue weighted by molar-refractivity contribution is 7.87. The summed E-state index contributed by atoms with van der Waals surface area (Å²) in [5.41, 5.74) is 0.883. The zero-order valence-electron chi connectivity index (χ0n) is 16.2. The zero-order chi connectivity index (χ0) is 18.8. The molecule has 0 amide bonds. The molecule has 0 radical (unpaired) electrons. The molecule has 0 fully saturated rings. The van der Waals surface area contributed by atoms with Crippen molar-refractivity contribution in [3.05, 3.63) is 42.0 Å². The van der Waals surface area contributed by atoms with Gasteiger partial charge in [0.15, 0.2) is 0 Å². The Balaban J connectivity index is 2.25. The Morgan fingerprint density at radius 3 is 2.23 bits per heavy atom. The monoisotopic (exact) mass is 376 g/mol. The molecular formula is C22H32O3S. The van der Waals surface area contributed by atoms with Gasteiger partial charge in [0.05, 0.1) is 6.61 Å². The van der Waals surface area contributed by atoms with Crippen molar-refractivity contribution in [3.63, 3.8) is 0 Å². The highest BCUT2D eigenvalue weighted by Gasteiger charge is 2.22. The molecule has 0 bridgehead atoms. The number of fused-ring (bicyclic) bond motifs is 1. The van der Waals surface area contributed by atoms with Crippen LogP contribution >= 0.6 is 0 Å². The third-order valence-corrected chi connectivity index (χ3v) is 6.21. The molecule has 2 aromatic carbocycles. The normalized spacial score (nSPS) is 11.9. The fourth-order valence-electron chi connectivity index (χ4n) is 3.28. The molecule has 3 nitrogen and oxygen atoms in total. The maximum absolute atomic E-state index is 13.0. The van der Waals surface area contributed by atoms with Crippen LogP contribution in [-0.4, -0.2) is 15.0 Å². The van der Waals surface area contributed by atoms with Gasteiger partial charge in [0.2, 0.25) is 0 Å². The topological polar surface area (TPSA) is 43.4 Å². The molecule has 2 rings (SSSR count). The molecule has 0 aliphatic heterocycles. The Morgan fingerprint density at radius 1 is 0.808 bits per heavy atom. The average Bonchev–Trinajstić information content (AvgIpc) is 2.64. The van der Waals surface area contributed by atoms with Crippen LogP contribution in [0.4, 0.5) is 0 Å². The Kier molecular flexibility index (Phi) is 8.60. The summed E-state index contributed by atoms with van der Waals surface area (Å²) in [5, 5.41) is 1.71. The van der Waals surface area contributed by atoms with Crippen LogP contribution in [0.2, 0.25) is 0 Å². The smallest absolute Gasteiger partial charge is 0.266 e. The van der Waals surface area contributed by atoms with Crippen molar-refractivity contribution < 1.29 is 12.6 Å². The van der Waals surface area contributed by atoms with Crippen molar-refractivity contribution in [1.82, 2.24) is 0 Å². The van der Waals surface area contributed by atoms with E-state index in [9.17, 15) is 8.42 Å². The zero-order valence-corrected chi connectivity index (χ0v) is 17.0. The Bertz CT molecular complexity index is 781. The van der Waals surface area contributed by atoms with Crippen molar-refractivity contribution >= 4 is 20.9 Å². The van der Waals surface area contributed by atoms with Gasteiger partial charge in [0, 0.05) is 5.39 Å². The number of aryl methyl sites for hydroxylation is 1. The third kappa shape index (κ3) is 5.82. The first-order chi connectivity index (χ1) is 12.6. The molecule has 2 aromatic rings. The molecule has 26 heavy (non-hydrogen) atoms. The fraction of sp³-hybridized carbons (Fsp3) is 0.545. The Labute approximate surface area is 158 Å². The van der Waals surface area contributed by atoms with E-state index in [1.165, 1.54) is 12.8 Å². The lowest BCUT2D eigenvalue weighted by atomic mass is 10.0. The molecule has 0 N–H and O–H groups in total. The average molecular weight is 377 g/mol. The van der Waals surface area contributed by atoms with E-state index in [1.54, 1.807) is 0 Å². The minimum Gasteiger partial charge on any atom is -0.266 e. The summed E-state index contributed by atoms with van der Waals surface area (Å²) >= 11 is 0. The van der Waals surface area contributed by atoms with Crippen LogP contribution in [0.5, 0.6) is 0 Å². The van der Waals surface area contributed by atoms with Crippen LogP contribution in [0, 0.1) is 0 Å². The van der Waals surface area contributed by atoms with Crippen LogP contribution in [-0.2, 0) is 20.7 Å². The van der Waals surface area contributed by atoms with Gasteiger partial charge in [-0.2, -0.15) is 8.42 Å². The van der Waals surface area contributed by atoms with E-state index in [4.69, 9.17) is 4.18 Å². The summed E-state index contributed by atoms with van der Waals surface area (Å²) in [4.78, 5) is 0.377. The van der Waals surface area contributed by atoms with Gasteiger partial charge < -0.3 is 0 Å². The first-order valence-electron chi connectivity index (χ1n) is 10.00. The Hall–Kier alpha value is -1.39. The van der Waals surface area contributed by atoms with E-state index in [0.29, 0.717) is 4.90 Å². The van der Waals surface area contributed by atoms with Gasteiger partial charge >= 0.3 is 0 Å². The largest absolute Gasteiger partial charge is 0.297 e. The molecular weight excluding hydrogens is 344 g/mol. The predicted octanol–water partition coefficient (Wildman–Crippen LogP) is 6.25.